The minimum absolute atomic E-state index is 0. The Labute approximate surface area is 70.7 Å². The molecule has 0 fully saturated rings. The van der Waals surface area contributed by atoms with Gasteiger partial charge in [0.25, 0.3) is 0 Å². The molecule has 2 nitrogen and oxygen atoms in total. The van der Waals surface area contributed by atoms with Crippen molar-refractivity contribution >= 4 is 51.4 Å². The van der Waals surface area contributed by atoms with E-state index >= 15 is 0 Å². The Balaban J connectivity index is 0. The van der Waals surface area contributed by atoms with Gasteiger partial charge >= 0.3 is 11.3 Å². The normalized spacial score (nSPS) is 4.50. The van der Waals surface area contributed by atoms with Crippen molar-refractivity contribution in [1.82, 2.24) is 0 Å². The molecule has 1 N–H and O–H groups in total. The Morgan fingerprint density at radius 3 is 1.75 bits per heavy atom. The molecule has 0 aliphatic carbocycles. The molecule has 0 aromatic rings. The zero-order chi connectivity index (χ0) is 2.71. The van der Waals surface area contributed by atoms with E-state index in [-0.39, 0.29) is 62.7 Å². The van der Waals surface area contributed by atoms with Crippen LogP contribution in [0.1, 0.15) is 0 Å². The van der Waals surface area contributed by atoms with E-state index in [1.807, 2.05) is 0 Å². The summed E-state index contributed by atoms with van der Waals surface area (Å²) in [6.07, 6.45) is 0. The van der Waals surface area contributed by atoms with Crippen LogP contribution in [-0.2, 0) is 0 Å². The van der Waals surface area contributed by atoms with Gasteiger partial charge in [0.2, 0.25) is 0 Å². The van der Waals surface area contributed by atoms with Gasteiger partial charge in [-0.2, -0.15) is 0 Å². The predicted molar refractivity (Wildman–Crippen MR) is 7.97 cm³/mol. The fourth-order valence-corrected chi connectivity index (χ4v) is 0. The molecule has 0 amide bonds. The quantitative estimate of drug-likeness (QED) is 0.360. The van der Waals surface area contributed by atoms with E-state index in [0.717, 1.165) is 0 Å². The van der Waals surface area contributed by atoms with Crippen molar-refractivity contribution in [2.45, 2.75) is 0 Å². The summed E-state index contributed by atoms with van der Waals surface area (Å²) < 4.78 is 15.2. The predicted octanol–water partition coefficient (Wildman–Crippen LogP) is -2.13. The average Bonchev–Trinajstić information content (AvgIpc) is 0.918. The van der Waals surface area contributed by atoms with Crippen LogP contribution in [-0.4, -0.2) is 56.0 Å². The van der Waals surface area contributed by atoms with Crippen molar-refractivity contribution in [3.05, 3.63) is 0 Å². The van der Waals surface area contributed by atoms with Crippen molar-refractivity contribution < 1.29 is 20.6 Å². The molecule has 21 valence electrons. The summed E-state index contributed by atoms with van der Waals surface area (Å²) in [5.74, 6) is 0. The molecule has 4 heteroatoms. The molecule has 0 aliphatic rings. The first-order valence-electron chi connectivity index (χ1n) is 0.323. The zero-order valence-corrected chi connectivity index (χ0v) is 6.11. The first-order chi connectivity index (χ1) is 1.41. The summed E-state index contributed by atoms with van der Waals surface area (Å²) in [5.41, 5.74) is 0. The Morgan fingerprint density at radius 2 is 1.75 bits per heavy atom. The zero-order valence-electron chi connectivity index (χ0n) is 2.23. The summed E-state index contributed by atoms with van der Waals surface area (Å²) in [7, 11) is 0. The van der Waals surface area contributed by atoms with Gasteiger partial charge in [0, 0.05) is 51.4 Å². The maximum Gasteiger partial charge on any atom is 0.327 e. The standard InChI is InChI=1S/ClHO2.K/c2-1-3;/h2H;. The topological polar surface area (TPSA) is 43.3 Å². The molecule has 4 heavy (non-hydrogen) atoms. The van der Waals surface area contributed by atoms with E-state index < -0.39 is 0 Å². The number of halogens is 1. The van der Waals surface area contributed by atoms with Crippen molar-refractivity contribution in [1.29, 1.82) is 0 Å². The Morgan fingerprint density at radius 1 is 1.75 bits per heavy atom. The van der Waals surface area contributed by atoms with Gasteiger partial charge in [-0.15, -0.1) is 4.66 Å². The molecule has 0 heterocycles. The monoisotopic (exact) mass is 107 g/mol. The molecular weight excluding hydrogens is 107 g/mol. The van der Waals surface area contributed by atoms with E-state index in [9.17, 15) is 0 Å². The van der Waals surface area contributed by atoms with Crippen LogP contribution >= 0.6 is 0 Å². The maximum atomic E-state index is 8.35. The minimum Gasteiger partial charge on any atom is -0.506 e. The molecule has 0 aromatic heterocycles. The average molecular weight is 108 g/mol. The van der Waals surface area contributed by atoms with Gasteiger partial charge in [0.15, 0.2) is 0 Å². The van der Waals surface area contributed by atoms with Crippen molar-refractivity contribution in [2.75, 3.05) is 0 Å². The second-order valence-corrected chi connectivity index (χ2v) is 0.207. The van der Waals surface area contributed by atoms with Gasteiger partial charge in [-0.1, -0.05) is 0 Å². The van der Waals surface area contributed by atoms with Crippen LogP contribution in [0.25, 0.3) is 0 Å². The fourth-order valence-electron chi connectivity index (χ4n) is 0. The SMILES string of the molecule is [K].[O-][Cl+]O. The second-order valence-electron chi connectivity index (χ2n) is 0.0690. The van der Waals surface area contributed by atoms with E-state index in [4.69, 9.17) is 9.32 Å². The molecule has 0 saturated heterocycles. The fraction of sp³-hybridized carbons (Fsp3) is 0. The number of hydrogen-bond donors (Lipinski definition) is 1. The van der Waals surface area contributed by atoms with Gasteiger partial charge in [-0.05, 0) is 0 Å². The third-order valence-corrected chi connectivity index (χ3v) is 0. The molecule has 0 unspecified atom stereocenters. The molecule has 0 aliphatic heterocycles. The van der Waals surface area contributed by atoms with Crippen LogP contribution < -0.4 is 4.66 Å². The van der Waals surface area contributed by atoms with Crippen LogP contribution in [0.15, 0.2) is 0 Å². The first kappa shape index (κ1) is 9.28. The molecule has 0 spiro atoms. The van der Waals surface area contributed by atoms with E-state index in [2.05, 4.69) is 0 Å². The first-order valence-corrected chi connectivity index (χ1v) is 0.970. The van der Waals surface area contributed by atoms with Gasteiger partial charge < -0.3 is 4.66 Å². The van der Waals surface area contributed by atoms with Crippen molar-refractivity contribution in [2.24, 2.45) is 0 Å². The summed E-state index contributed by atoms with van der Waals surface area (Å²) >= 11 is -0.167. The van der Waals surface area contributed by atoms with E-state index in [0.29, 0.717) is 0 Å². The van der Waals surface area contributed by atoms with Gasteiger partial charge in [0.1, 0.15) is 0 Å². The smallest absolute Gasteiger partial charge is 0.327 e. The minimum atomic E-state index is -0.167. The molecule has 1 radical (unpaired) electrons. The molecular formula is HClKO2. The molecule has 0 rings (SSSR count). The van der Waals surface area contributed by atoms with E-state index in [1.165, 1.54) is 0 Å². The number of rotatable bonds is 0. The second kappa shape index (κ2) is 8.85. The van der Waals surface area contributed by atoms with Gasteiger partial charge in [0.05, 0.1) is 0 Å². The molecule has 0 saturated carbocycles. The van der Waals surface area contributed by atoms with Crippen LogP contribution in [0.4, 0.5) is 0 Å². The van der Waals surface area contributed by atoms with Crippen LogP contribution in [0, 0.1) is 11.3 Å². The third-order valence-electron chi connectivity index (χ3n) is 0. The Hall–Kier alpha value is 1.85. The molecule has 0 aromatic carbocycles. The van der Waals surface area contributed by atoms with E-state index in [1.54, 1.807) is 0 Å². The van der Waals surface area contributed by atoms with Gasteiger partial charge in [-0.3, -0.25) is 0 Å². The van der Waals surface area contributed by atoms with Crippen LogP contribution in [0.3, 0.4) is 0 Å². The molecule has 0 bridgehead atoms. The molecule has 0 atom stereocenters. The Bertz CT molecular complexity index is 6.00. The summed E-state index contributed by atoms with van der Waals surface area (Å²) in [4.78, 5) is 0. The summed E-state index contributed by atoms with van der Waals surface area (Å²) in [6.45, 7) is 0. The Kier molecular flexibility index (Phi) is 20.5. The van der Waals surface area contributed by atoms with Crippen molar-refractivity contribution in [3.63, 3.8) is 0 Å². The largest absolute Gasteiger partial charge is 0.506 e. The van der Waals surface area contributed by atoms with Crippen LogP contribution in [0.5, 0.6) is 0 Å². The van der Waals surface area contributed by atoms with Crippen LogP contribution in [0.2, 0.25) is 0 Å². The van der Waals surface area contributed by atoms with Crippen molar-refractivity contribution in [3.8, 4) is 0 Å². The maximum absolute atomic E-state index is 8.35. The summed E-state index contributed by atoms with van der Waals surface area (Å²) in [5, 5.41) is 0. The van der Waals surface area contributed by atoms with Gasteiger partial charge in [-0.25, -0.2) is 0 Å². The summed E-state index contributed by atoms with van der Waals surface area (Å²) in [6, 6.07) is 0. The third kappa shape index (κ3) is 9.14. The number of hydrogen-bond acceptors (Lipinski definition) is 2.